The van der Waals surface area contributed by atoms with Crippen LogP contribution in [-0.4, -0.2) is 26.6 Å². The predicted octanol–water partition coefficient (Wildman–Crippen LogP) is 4.06. The number of benzene rings is 1. The molecule has 0 aliphatic carbocycles. The van der Waals surface area contributed by atoms with Crippen LogP contribution >= 0.6 is 15.9 Å². The Morgan fingerprint density at radius 3 is 2.53 bits per heavy atom. The highest BCUT2D eigenvalue weighted by Gasteiger charge is 2.12. The van der Waals surface area contributed by atoms with E-state index in [1.807, 2.05) is 0 Å². The first-order chi connectivity index (χ1) is 14.6. The van der Waals surface area contributed by atoms with Crippen molar-refractivity contribution in [2.24, 2.45) is 0 Å². The number of rotatable bonds is 6. The van der Waals surface area contributed by atoms with Gasteiger partial charge in [0.05, 0.1) is 12.1 Å². The topological polar surface area (TPSA) is 102 Å². The van der Waals surface area contributed by atoms with Crippen molar-refractivity contribution >= 4 is 39.1 Å². The number of aromatic nitrogens is 3. The summed E-state index contributed by atoms with van der Waals surface area (Å²) in [6.07, 6.45) is 5.21. The van der Waals surface area contributed by atoms with E-state index >= 15 is 0 Å². The Balaban J connectivity index is 1.38. The van der Waals surface area contributed by atoms with Crippen LogP contribution in [-0.2, 0) is 11.2 Å². The van der Waals surface area contributed by atoms with Crippen molar-refractivity contribution in [2.45, 2.75) is 6.42 Å². The van der Waals surface area contributed by atoms with Gasteiger partial charge in [0.1, 0.15) is 0 Å². The van der Waals surface area contributed by atoms with E-state index < -0.39 is 0 Å². The van der Waals surface area contributed by atoms with Crippen molar-refractivity contribution in [3.63, 3.8) is 0 Å². The minimum atomic E-state index is -0.353. The van der Waals surface area contributed by atoms with Gasteiger partial charge in [-0.15, -0.1) is 0 Å². The van der Waals surface area contributed by atoms with E-state index in [-0.39, 0.29) is 24.0 Å². The van der Waals surface area contributed by atoms with Gasteiger partial charge in [-0.05, 0) is 64.0 Å². The van der Waals surface area contributed by atoms with Crippen LogP contribution in [0.5, 0.6) is 0 Å². The SMILES string of the molecule is O=C(Cc1ccc(NC(=O)c2ccc(Br)o2)cc1)Nc1cccnc1-n1cccn1. The molecule has 0 spiro atoms. The zero-order valence-electron chi connectivity index (χ0n) is 15.6. The van der Waals surface area contributed by atoms with Gasteiger partial charge in [0.25, 0.3) is 5.91 Å². The molecule has 0 saturated heterocycles. The minimum Gasteiger partial charge on any atom is -0.444 e. The van der Waals surface area contributed by atoms with Gasteiger partial charge in [0.2, 0.25) is 5.91 Å². The number of furan rings is 1. The molecule has 0 radical (unpaired) electrons. The summed E-state index contributed by atoms with van der Waals surface area (Å²) >= 11 is 3.16. The predicted molar refractivity (Wildman–Crippen MR) is 114 cm³/mol. The molecule has 0 fully saturated rings. The summed E-state index contributed by atoms with van der Waals surface area (Å²) in [5.74, 6) is 0.204. The number of hydrogen-bond acceptors (Lipinski definition) is 5. The third-order valence-corrected chi connectivity index (χ3v) is 4.58. The van der Waals surface area contributed by atoms with E-state index in [2.05, 4.69) is 36.6 Å². The molecule has 2 N–H and O–H groups in total. The Morgan fingerprint density at radius 1 is 1.00 bits per heavy atom. The van der Waals surface area contributed by atoms with Crippen molar-refractivity contribution in [3.05, 3.63) is 89.2 Å². The standard InChI is InChI=1S/C21H16BrN5O3/c22-18-9-8-17(30-18)21(29)25-15-6-4-14(5-7-15)13-19(28)26-16-3-1-10-23-20(16)27-12-2-11-24-27/h1-12H,13H2,(H,25,29)(H,26,28). The van der Waals surface area contributed by atoms with Gasteiger partial charge in [0, 0.05) is 24.3 Å². The molecule has 30 heavy (non-hydrogen) atoms. The first kappa shape index (κ1) is 19.6. The lowest BCUT2D eigenvalue weighted by Gasteiger charge is -2.10. The maximum absolute atomic E-state index is 12.5. The molecule has 3 heterocycles. The van der Waals surface area contributed by atoms with Gasteiger partial charge in [0.15, 0.2) is 16.2 Å². The smallest absolute Gasteiger partial charge is 0.291 e. The number of nitrogens with zero attached hydrogens (tertiary/aromatic N) is 3. The number of pyridine rings is 1. The maximum atomic E-state index is 12.5. The fourth-order valence-corrected chi connectivity index (χ4v) is 3.09. The first-order valence-electron chi connectivity index (χ1n) is 8.99. The number of amides is 2. The average molecular weight is 466 g/mol. The number of carbonyl (C=O) groups is 2. The number of hydrogen-bond donors (Lipinski definition) is 2. The van der Waals surface area contributed by atoms with Crippen LogP contribution in [0.3, 0.4) is 0 Å². The van der Waals surface area contributed by atoms with E-state index in [0.29, 0.717) is 21.9 Å². The van der Waals surface area contributed by atoms with E-state index in [9.17, 15) is 9.59 Å². The Hall–Kier alpha value is -3.72. The average Bonchev–Trinajstić information content (AvgIpc) is 3.42. The molecule has 2 amide bonds. The molecule has 3 aromatic heterocycles. The summed E-state index contributed by atoms with van der Waals surface area (Å²) in [5.41, 5.74) is 1.97. The molecular formula is C21H16BrN5O3. The van der Waals surface area contributed by atoms with Gasteiger partial charge < -0.3 is 15.1 Å². The van der Waals surface area contributed by atoms with Gasteiger partial charge >= 0.3 is 0 Å². The van der Waals surface area contributed by atoms with Crippen LogP contribution in [0.25, 0.3) is 5.82 Å². The molecule has 0 aliphatic rings. The second-order valence-corrected chi connectivity index (χ2v) is 7.09. The molecule has 8 nitrogen and oxygen atoms in total. The highest BCUT2D eigenvalue weighted by Crippen LogP contribution is 2.18. The van der Waals surface area contributed by atoms with Crippen LogP contribution < -0.4 is 10.6 Å². The number of anilines is 2. The van der Waals surface area contributed by atoms with Crippen molar-refractivity contribution in [1.82, 2.24) is 14.8 Å². The van der Waals surface area contributed by atoms with E-state index in [1.165, 1.54) is 0 Å². The number of halogens is 1. The molecule has 0 atom stereocenters. The fraction of sp³-hybridized carbons (Fsp3) is 0.0476. The van der Waals surface area contributed by atoms with Gasteiger partial charge in [-0.25, -0.2) is 9.67 Å². The molecule has 0 bridgehead atoms. The quantitative estimate of drug-likeness (QED) is 0.447. The highest BCUT2D eigenvalue weighted by molar-refractivity contribution is 9.10. The number of carbonyl (C=O) groups excluding carboxylic acids is 2. The lowest BCUT2D eigenvalue weighted by atomic mass is 10.1. The summed E-state index contributed by atoms with van der Waals surface area (Å²) in [7, 11) is 0. The maximum Gasteiger partial charge on any atom is 0.291 e. The molecule has 9 heteroatoms. The Morgan fingerprint density at radius 2 is 1.83 bits per heavy atom. The normalized spacial score (nSPS) is 10.6. The third-order valence-electron chi connectivity index (χ3n) is 4.16. The molecular weight excluding hydrogens is 450 g/mol. The van der Waals surface area contributed by atoms with Crippen molar-refractivity contribution in [2.75, 3.05) is 10.6 Å². The van der Waals surface area contributed by atoms with Gasteiger partial charge in [-0.3, -0.25) is 9.59 Å². The van der Waals surface area contributed by atoms with Crippen LogP contribution in [0.4, 0.5) is 11.4 Å². The minimum absolute atomic E-state index is 0.173. The van der Waals surface area contributed by atoms with Crippen molar-refractivity contribution < 1.29 is 14.0 Å². The molecule has 150 valence electrons. The molecule has 4 aromatic rings. The summed E-state index contributed by atoms with van der Waals surface area (Å²) in [6.45, 7) is 0. The van der Waals surface area contributed by atoms with Gasteiger partial charge in [-0.2, -0.15) is 5.10 Å². The summed E-state index contributed by atoms with van der Waals surface area (Å²) in [4.78, 5) is 28.9. The highest BCUT2D eigenvalue weighted by atomic mass is 79.9. The van der Waals surface area contributed by atoms with Crippen LogP contribution in [0.1, 0.15) is 16.1 Å². The lowest BCUT2D eigenvalue weighted by molar-refractivity contribution is -0.115. The molecule has 1 aromatic carbocycles. The molecule has 0 aliphatic heterocycles. The Labute approximate surface area is 180 Å². The van der Waals surface area contributed by atoms with Crippen LogP contribution in [0.15, 0.2) is 82.3 Å². The van der Waals surface area contributed by atoms with E-state index in [1.54, 1.807) is 77.9 Å². The van der Waals surface area contributed by atoms with Crippen molar-refractivity contribution in [3.8, 4) is 5.82 Å². The van der Waals surface area contributed by atoms with Crippen LogP contribution in [0, 0.1) is 0 Å². The molecule has 0 unspecified atom stereocenters. The Bertz CT molecular complexity index is 1170. The zero-order valence-corrected chi connectivity index (χ0v) is 17.2. The molecule has 4 rings (SSSR count). The summed E-state index contributed by atoms with van der Waals surface area (Å²) < 4.78 is 7.30. The third kappa shape index (κ3) is 4.64. The van der Waals surface area contributed by atoms with Crippen LogP contribution in [0.2, 0.25) is 0 Å². The second kappa shape index (κ2) is 8.75. The van der Waals surface area contributed by atoms with E-state index in [0.717, 1.165) is 5.56 Å². The number of nitrogens with one attached hydrogen (secondary N) is 2. The lowest BCUT2D eigenvalue weighted by Crippen LogP contribution is -2.17. The second-order valence-electron chi connectivity index (χ2n) is 6.30. The first-order valence-corrected chi connectivity index (χ1v) is 9.78. The van der Waals surface area contributed by atoms with Gasteiger partial charge in [-0.1, -0.05) is 12.1 Å². The van der Waals surface area contributed by atoms with E-state index in [4.69, 9.17) is 4.42 Å². The monoisotopic (exact) mass is 465 g/mol. The Kier molecular flexibility index (Phi) is 5.71. The fourth-order valence-electron chi connectivity index (χ4n) is 2.79. The summed E-state index contributed by atoms with van der Waals surface area (Å²) in [5, 5.41) is 9.77. The largest absolute Gasteiger partial charge is 0.444 e. The molecule has 0 saturated carbocycles. The summed E-state index contributed by atoms with van der Waals surface area (Å²) in [6, 6.07) is 15.6. The van der Waals surface area contributed by atoms with Crippen molar-refractivity contribution in [1.29, 1.82) is 0 Å². The zero-order chi connectivity index (χ0) is 20.9.